The molecule has 1 unspecified atom stereocenters. The molecule has 11 heteroatoms. The van der Waals surface area contributed by atoms with Gasteiger partial charge in [-0.15, -0.1) is 11.3 Å². The van der Waals surface area contributed by atoms with Crippen molar-refractivity contribution in [2.45, 2.75) is 18.9 Å². The highest BCUT2D eigenvalue weighted by atomic mass is 32.1. The molecule has 4 aromatic rings. The number of hydrogen-bond donors (Lipinski definition) is 3. The second kappa shape index (κ2) is 13.8. The molecule has 3 N–H and O–H groups in total. The second-order valence-electron chi connectivity index (χ2n) is 10.1. The zero-order valence-electron chi connectivity index (χ0n) is 23.3. The van der Waals surface area contributed by atoms with Crippen molar-refractivity contribution in [3.05, 3.63) is 112 Å². The molecule has 0 saturated carbocycles. The molecule has 0 bridgehead atoms. The van der Waals surface area contributed by atoms with Crippen molar-refractivity contribution in [3.63, 3.8) is 0 Å². The fourth-order valence-electron chi connectivity index (χ4n) is 5.01. The Hall–Kier alpha value is -5.03. The number of aromatic nitrogens is 1. The van der Waals surface area contributed by atoms with Crippen LogP contribution < -0.4 is 15.5 Å². The van der Waals surface area contributed by atoms with Gasteiger partial charge in [0.1, 0.15) is 0 Å². The van der Waals surface area contributed by atoms with Crippen molar-refractivity contribution in [1.82, 2.24) is 15.2 Å². The molecule has 3 amide bonds. The van der Waals surface area contributed by atoms with Gasteiger partial charge in [-0.3, -0.25) is 24.2 Å². The monoisotopic (exact) mass is 597 g/mol. The van der Waals surface area contributed by atoms with Crippen LogP contribution in [0.4, 0.5) is 11.4 Å². The average molecular weight is 598 g/mol. The lowest BCUT2D eigenvalue weighted by atomic mass is 10.0. The Kier molecular flexibility index (Phi) is 9.42. The van der Waals surface area contributed by atoms with Gasteiger partial charge in [0.05, 0.1) is 28.7 Å². The van der Waals surface area contributed by atoms with Gasteiger partial charge in [-0.1, -0.05) is 30.3 Å². The Morgan fingerprint density at radius 1 is 0.884 bits per heavy atom. The van der Waals surface area contributed by atoms with Crippen LogP contribution in [-0.2, 0) is 4.79 Å². The van der Waals surface area contributed by atoms with Gasteiger partial charge in [0.2, 0.25) is 0 Å². The van der Waals surface area contributed by atoms with Gasteiger partial charge in [-0.25, -0.2) is 0 Å². The van der Waals surface area contributed by atoms with E-state index in [0.717, 1.165) is 12.1 Å². The van der Waals surface area contributed by atoms with E-state index in [-0.39, 0.29) is 23.8 Å². The van der Waals surface area contributed by atoms with Crippen LogP contribution in [0.3, 0.4) is 0 Å². The summed E-state index contributed by atoms with van der Waals surface area (Å²) >= 11 is 1.42. The molecule has 3 heterocycles. The lowest BCUT2D eigenvalue weighted by Crippen LogP contribution is -2.35. The first-order valence-electron chi connectivity index (χ1n) is 13.9. The van der Waals surface area contributed by atoms with Crippen LogP contribution in [0.5, 0.6) is 0 Å². The van der Waals surface area contributed by atoms with Gasteiger partial charge in [0.15, 0.2) is 0 Å². The molecule has 2 aromatic heterocycles. The van der Waals surface area contributed by atoms with E-state index in [9.17, 15) is 24.3 Å². The average Bonchev–Trinajstić information content (AvgIpc) is 3.46. The number of carboxylic acid groups (broad SMARTS) is 1. The fourth-order valence-corrected chi connectivity index (χ4v) is 5.70. The number of pyridine rings is 1. The molecule has 5 rings (SSSR count). The molecule has 0 spiro atoms. The highest BCUT2D eigenvalue weighted by Gasteiger charge is 2.25. The first-order chi connectivity index (χ1) is 20.9. The highest BCUT2D eigenvalue weighted by Crippen LogP contribution is 2.30. The van der Waals surface area contributed by atoms with Gasteiger partial charge in [-0.2, -0.15) is 0 Å². The van der Waals surface area contributed by atoms with E-state index in [1.165, 1.54) is 17.5 Å². The number of benzene rings is 2. The third-order valence-corrected chi connectivity index (χ3v) is 8.03. The Balaban J connectivity index is 1.40. The minimum atomic E-state index is -1.06. The van der Waals surface area contributed by atoms with Crippen molar-refractivity contribution in [3.8, 4) is 0 Å². The number of nitrogens with one attached hydrogen (secondary N) is 2. The molecular formula is C32H31N5O5S. The van der Waals surface area contributed by atoms with Crippen molar-refractivity contribution in [1.29, 1.82) is 0 Å². The molecule has 2 aromatic carbocycles. The number of carboxylic acids is 1. The van der Waals surface area contributed by atoms with E-state index in [0.29, 0.717) is 47.9 Å². The smallest absolute Gasteiger partial charge is 0.305 e. The summed E-state index contributed by atoms with van der Waals surface area (Å²) in [6, 6.07) is 20.1. The number of amides is 3. The summed E-state index contributed by atoms with van der Waals surface area (Å²) in [6.45, 7) is 2.31. The maximum Gasteiger partial charge on any atom is 0.305 e. The Morgan fingerprint density at radius 2 is 1.72 bits per heavy atom. The van der Waals surface area contributed by atoms with Gasteiger partial charge >= 0.3 is 5.97 Å². The predicted octanol–water partition coefficient (Wildman–Crippen LogP) is 4.69. The van der Waals surface area contributed by atoms with Crippen LogP contribution in [0.25, 0.3) is 0 Å². The van der Waals surface area contributed by atoms with Gasteiger partial charge < -0.3 is 25.5 Å². The zero-order valence-corrected chi connectivity index (χ0v) is 24.1. The highest BCUT2D eigenvalue weighted by molar-refractivity contribution is 7.12. The van der Waals surface area contributed by atoms with Gasteiger partial charge in [0, 0.05) is 49.7 Å². The third-order valence-electron chi connectivity index (χ3n) is 7.17. The summed E-state index contributed by atoms with van der Waals surface area (Å²) in [7, 11) is 0. The molecule has 220 valence electrons. The molecule has 1 atom stereocenters. The normalized spacial score (nSPS) is 14.0. The first kappa shape index (κ1) is 29.5. The largest absolute Gasteiger partial charge is 0.481 e. The van der Waals surface area contributed by atoms with Crippen molar-refractivity contribution in [2.75, 3.05) is 36.4 Å². The maximum absolute atomic E-state index is 13.4. The molecule has 1 aliphatic heterocycles. The minimum Gasteiger partial charge on any atom is -0.481 e. The second-order valence-corrected chi connectivity index (χ2v) is 11.0. The standard InChI is InChI=1S/C32H31N5O5S/c38-29(39)20-25(24-9-4-13-33-21-24)34-31(41)23-11-12-27(26(19-23)35-30(40)22-7-2-1-3-8-22)36-14-6-15-37(17-16-36)32(42)28-10-5-18-43-28/h1-5,7-13,18-19,21,25H,6,14-17,20H2,(H,34,41)(H,35,40)(H,38,39). The third kappa shape index (κ3) is 7.44. The summed E-state index contributed by atoms with van der Waals surface area (Å²) in [5.74, 6) is -1.87. The quantitative estimate of drug-likeness (QED) is 0.255. The Labute approximate surface area is 253 Å². The van der Waals surface area contributed by atoms with E-state index >= 15 is 0 Å². The number of carbonyl (C=O) groups is 4. The lowest BCUT2D eigenvalue weighted by Gasteiger charge is -2.26. The van der Waals surface area contributed by atoms with Gasteiger partial charge in [-0.05, 0) is 59.8 Å². The first-order valence-corrected chi connectivity index (χ1v) is 14.8. The van der Waals surface area contributed by atoms with Crippen molar-refractivity contribution >= 4 is 46.4 Å². The summed E-state index contributed by atoms with van der Waals surface area (Å²) in [6.07, 6.45) is 3.51. The summed E-state index contributed by atoms with van der Waals surface area (Å²) < 4.78 is 0. The van der Waals surface area contributed by atoms with E-state index in [1.54, 1.807) is 60.8 Å². The summed E-state index contributed by atoms with van der Waals surface area (Å²) in [4.78, 5) is 59.8. The van der Waals surface area contributed by atoms with Crippen LogP contribution in [0.15, 0.2) is 90.6 Å². The summed E-state index contributed by atoms with van der Waals surface area (Å²) in [5.41, 5.74) is 2.45. The van der Waals surface area contributed by atoms with Crippen LogP contribution in [0, 0.1) is 0 Å². The molecule has 10 nitrogen and oxygen atoms in total. The molecule has 1 saturated heterocycles. The van der Waals surface area contributed by atoms with Gasteiger partial charge in [0.25, 0.3) is 17.7 Å². The van der Waals surface area contributed by atoms with Crippen LogP contribution in [0.1, 0.15) is 54.8 Å². The predicted molar refractivity (Wildman–Crippen MR) is 165 cm³/mol. The number of aliphatic carboxylic acids is 1. The minimum absolute atomic E-state index is 0.00556. The Bertz CT molecular complexity index is 1580. The van der Waals surface area contributed by atoms with E-state index in [4.69, 9.17) is 0 Å². The molecule has 1 fully saturated rings. The van der Waals surface area contributed by atoms with Crippen molar-refractivity contribution < 1.29 is 24.3 Å². The number of anilines is 2. The maximum atomic E-state index is 13.4. The topological polar surface area (TPSA) is 132 Å². The van der Waals surface area contributed by atoms with E-state index in [2.05, 4.69) is 20.5 Å². The number of hydrogen-bond acceptors (Lipinski definition) is 7. The number of nitrogens with zero attached hydrogens (tertiary/aromatic N) is 3. The lowest BCUT2D eigenvalue weighted by molar-refractivity contribution is -0.137. The number of carbonyl (C=O) groups excluding carboxylic acids is 3. The fraction of sp³-hybridized carbons (Fsp3) is 0.219. The molecule has 1 aliphatic rings. The van der Waals surface area contributed by atoms with E-state index in [1.807, 2.05) is 28.5 Å². The van der Waals surface area contributed by atoms with Crippen LogP contribution in [0.2, 0.25) is 0 Å². The van der Waals surface area contributed by atoms with Crippen molar-refractivity contribution in [2.24, 2.45) is 0 Å². The Morgan fingerprint density at radius 3 is 2.44 bits per heavy atom. The SMILES string of the molecule is O=C(O)CC(NC(=O)c1ccc(N2CCCN(C(=O)c3cccs3)CC2)c(NC(=O)c2ccccc2)c1)c1cccnc1. The molecule has 0 aliphatic carbocycles. The molecule has 0 radical (unpaired) electrons. The number of rotatable bonds is 9. The number of thiophene rings is 1. The van der Waals surface area contributed by atoms with Crippen LogP contribution >= 0.6 is 11.3 Å². The van der Waals surface area contributed by atoms with E-state index < -0.39 is 17.9 Å². The summed E-state index contributed by atoms with van der Waals surface area (Å²) in [5, 5.41) is 17.1. The zero-order chi connectivity index (χ0) is 30.2. The van der Waals surface area contributed by atoms with Crippen LogP contribution in [-0.4, -0.2) is 64.9 Å². The molecule has 43 heavy (non-hydrogen) atoms. The molecular weight excluding hydrogens is 566 g/mol.